The molecule has 0 bridgehead atoms. The van der Waals surface area contributed by atoms with Gasteiger partial charge in [-0.3, -0.25) is 4.79 Å². The van der Waals surface area contributed by atoms with Crippen molar-refractivity contribution >= 4 is 23.1 Å². The highest BCUT2D eigenvalue weighted by molar-refractivity contribution is 6.04. The van der Waals surface area contributed by atoms with Crippen LogP contribution < -0.4 is 15.5 Å². The van der Waals surface area contributed by atoms with E-state index in [0.717, 1.165) is 37.6 Å². The van der Waals surface area contributed by atoms with Gasteiger partial charge < -0.3 is 15.5 Å². The lowest BCUT2D eigenvalue weighted by molar-refractivity contribution is 0.102. The van der Waals surface area contributed by atoms with Crippen LogP contribution in [0.5, 0.6) is 0 Å². The molecule has 1 saturated heterocycles. The summed E-state index contributed by atoms with van der Waals surface area (Å²) >= 11 is 0. The monoisotopic (exact) mass is 390 g/mol. The maximum atomic E-state index is 12.5. The second-order valence-electron chi connectivity index (χ2n) is 7.91. The smallest absolute Gasteiger partial charge is 0.257 e. The van der Waals surface area contributed by atoms with Crippen molar-refractivity contribution in [2.45, 2.75) is 44.9 Å². The van der Waals surface area contributed by atoms with Crippen LogP contribution in [-0.2, 0) is 0 Å². The molecule has 0 atom stereocenters. The summed E-state index contributed by atoms with van der Waals surface area (Å²) in [5, 5.41) is 6.31. The fourth-order valence-corrected chi connectivity index (χ4v) is 4.05. The number of amides is 1. The molecule has 1 fully saturated rings. The number of nitrogens with zero attached hydrogens (tertiary/aromatic N) is 2. The van der Waals surface area contributed by atoms with Crippen LogP contribution in [0.3, 0.4) is 0 Å². The van der Waals surface area contributed by atoms with Crippen LogP contribution in [0.25, 0.3) is 0 Å². The van der Waals surface area contributed by atoms with Gasteiger partial charge in [0, 0.05) is 37.2 Å². The Morgan fingerprint density at radius 3 is 2.52 bits per heavy atom. The Kier molecular flexibility index (Phi) is 6.45. The second kappa shape index (κ2) is 9.59. The summed E-state index contributed by atoms with van der Waals surface area (Å²) in [6.45, 7) is 3.12. The summed E-state index contributed by atoms with van der Waals surface area (Å²) in [5.74, 6) is 0.679. The molecular weight excluding hydrogens is 360 g/mol. The van der Waals surface area contributed by atoms with E-state index in [1.807, 2.05) is 24.3 Å². The molecule has 2 aliphatic rings. The number of nitrogens with one attached hydrogen (secondary N) is 2. The van der Waals surface area contributed by atoms with E-state index in [0.29, 0.717) is 5.56 Å². The lowest BCUT2D eigenvalue weighted by Crippen LogP contribution is -2.17. The molecule has 152 valence electrons. The third-order valence-corrected chi connectivity index (χ3v) is 5.76. The first-order chi connectivity index (χ1) is 14.3. The number of carbonyl (C=O) groups is 1. The zero-order valence-electron chi connectivity index (χ0n) is 17.0. The van der Waals surface area contributed by atoms with Crippen molar-refractivity contribution in [3.8, 4) is 0 Å². The summed E-state index contributed by atoms with van der Waals surface area (Å²) in [6.07, 6.45) is 12.7. The minimum atomic E-state index is -0.134. The number of hydrogen-bond donors (Lipinski definition) is 2. The zero-order valence-corrected chi connectivity index (χ0v) is 17.0. The van der Waals surface area contributed by atoms with Gasteiger partial charge in [0.25, 0.3) is 5.91 Å². The van der Waals surface area contributed by atoms with Crippen molar-refractivity contribution in [1.82, 2.24) is 4.98 Å². The SMILES string of the molecule is O=C(Nc1ccc(N2CCCC2)cc1)c1ccc(NCCC2=CCCCC2)nc1. The quantitative estimate of drug-likeness (QED) is 0.635. The van der Waals surface area contributed by atoms with Gasteiger partial charge in [0.05, 0.1) is 5.56 Å². The third kappa shape index (κ3) is 5.37. The molecule has 2 heterocycles. The number of anilines is 3. The molecule has 1 aliphatic heterocycles. The van der Waals surface area contributed by atoms with Crippen LogP contribution in [-0.4, -0.2) is 30.5 Å². The normalized spacial score (nSPS) is 16.4. The summed E-state index contributed by atoms with van der Waals surface area (Å²) in [7, 11) is 0. The van der Waals surface area contributed by atoms with E-state index < -0.39 is 0 Å². The molecule has 29 heavy (non-hydrogen) atoms. The third-order valence-electron chi connectivity index (χ3n) is 5.76. The van der Waals surface area contributed by atoms with Gasteiger partial charge in [-0.2, -0.15) is 0 Å². The van der Waals surface area contributed by atoms with E-state index in [4.69, 9.17) is 0 Å². The predicted molar refractivity (Wildman–Crippen MR) is 120 cm³/mol. The van der Waals surface area contributed by atoms with Gasteiger partial charge in [0.15, 0.2) is 0 Å². The minimum Gasteiger partial charge on any atom is -0.372 e. The molecule has 1 amide bonds. The van der Waals surface area contributed by atoms with Crippen molar-refractivity contribution in [2.75, 3.05) is 35.2 Å². The van der Waals surface area contributed by atoms with Crippen molar-refractivity contribution in [3.05, 3.63) is 59.8 Å². The molecule has 2 aromatic rings. The predicted octanol–water partition coefficient (Wildman–Crippen LogP) is 5.24. The van der Waals surface area contributed by atoms with Gasteiger partial charge in [-0.15, -0.1) is 0 Å². The number of hydrogen-bond acceptors (Lipinski definition) is 4. The maximum absolute atomic E-state index is 12.5. The van der Waals surface area contributed by atoms with Gasteiger partial charge in [-0.05, 0) is 81.3 Å². The number of rotatable bonds is 7. The van der Waals surface area contributed by atoms with Crippen molar-refractivity contribution in [1.29, 1.82) is 0 Å². The summed E-state index contributed by atoms with van der Waals surface area (Å²) < 4.78 is 0. The Balaban J connectivity index is 1.26. The molecule has 0 unspecified atom stereocenters. The molecule has 1 aliphatic carbocycles. The highest BCUT2D eigenvalue weighted by atomic mass is 16.1. The van der Waals surface area contributed by atoms with Crippen molar-refractivity contribution in [3.63, 3.8) is 0 Å². The molecule has 5 heteroatoms. The fraction of sp³-hybridized carbons (Fsp3) is 0.417. The fourth-order valence-electron chi connectivity index (χ4n) is 4.05. The van der Waals surface area contributed by atoms with Gasteiger partial charge in [0.2, 0.25) is 0 Å². The first-order valence-electron chi connectivity index (χ1n) is 10.8. The second-order valence-corrected chi connectivity index (χ2v) is 7.91. The van der Waals surface area contributed by atoms with E-state index >= 15 is 0 Å². The molecule has 1 aromatic heterocycles. The summed E-state index contributed by atoms with van der Waals surface area (Å²) in [5.41, 5.74) is 4.15. The Labute approximate surface area is 173 Å². The number of pyridine rings is 1. The molecule has 4 rings (SSSR count). The van der Waals surface area contributed by atoms with Crippen molar-refractivity contribution < 1.29 is 4.79 Å². The van der Waals surface area contributed by atoms with Crippen LogP contribution >= 0.6 is 0 Å². The Morgan fingerprint density at radius 1 is 1.00 bits per heavy atom. The number of aromatic nitrogens is 1. The van der Waals surface area contributed by atoms with Crippen LogP contribution in [0.1, 0.15) is 55.3 Å². The van der Waals surface area contributed by atoms with E-state index in [1.54, 1.807) is 11.8 Å². The van der Waals surface area contributed by atoms with E-state index in [1.165, 1.54) is 44.2 Å². The van der Waals surface area contributed by atoms with E-state index in [2.05, 4.69) is 38.7 Å². The van der Waals surface area contributed by atoms with Crippen LogP contribution in [0, 0.1) is 0 Å². The molecule has 0 radical (unpaired) electrons. The molecule has 5 nitrogen and oxygen atoms in total. The summed E-state index contributed by atoms with van der Waals surface area (Å²) in [4.78, 5) is 19.3. The highest BCUT2D eigenvalue weighted by Gasteiger charge is 2.12. The Hall–Kier alpha value is -2.82. The number of allylic oxidation sites excluding steroid dienone is 1. The van der Waals surface area contributed by atoms with Gasteiger partial charge in [-0.25, -0.2) is 4.98 Å². The first-order valence-corrected chi connectivity index (χ1v) is 10.8. The largest absolute Gasteiger partial charge is 0.372 e. The van der Waals surface area contributed by atoms with Gasteiger partial charge in [0.1, 0.15) is 5.82 Å². The zero-order chi connectivity index (χ0) is 19.9. The molecule has 2 N–H and O–H groups in total. The van der Waals surface area contributed by atoms with Crippen LogP contribution in [0.15, 0.2) is 54.2 Å². The Morgan fingerprint density at radius 2 is 1.83 bits per heavy atom. The molecule has 0 spiro atoms. The van der Waals surface area contributed by atoms with Gasteiger partial charge >= 0.3 is 0 Å². The Bertz CT molecular complexity index is 836. The molecular formula is C24H30N4O. The lowest BCUT2D eigenvalue weighted by Gasteiger charge is -2.17. The lowest BCUT2D eigenvalue weighted by atomic mass is 9.97. The van der Waals surface area contributed by atoms with Crippen LogP contribution in [0.2, 0.25) is 0 Å². The summed E-state index contributed by atoms with van der Waals surface area (Å²) in [6, 6.07) is 11.8. The van der Waals surface area contributed by atoms with Gasteiger partial charge in [-0.1, -0.05) is 11.6 Å². The average Bonchev–Trinajstić information content (AvgIpc) is 3.30. The average molecular weight is 391 g/mol. The minimum absolute atomic E-state index is 0.134. The maximum Gasteiger partial charge on any atom is 0.257 e. The standard InChI is InChI=1S/C24H30N4O/c29-24(27-21-9-11-22(12-10-21)28-16-4-5-17-28)20-8-13-23(26-18-20)25-15-14-19-6-2-1-3-7-19/h6,8-13,18H,1-5,7,14-17H2,(H,25,26)(H,27,29). The number of carbonyl (C=O) groups excluding carboxylic acids is 1. The molecule has 0 saturated carbocycles. The van der Waals surface area contributed by atoms with Crippen LogP contribution in [0.4, 0.5) is 17.2 Å². The van der Waals surface area contributed by atoms with E-state index in [9.17, 15) is 4.79 Å². The van der Waals surface area contributed by atoms with Crippen molar-refractivity contribution in [2.24, 2.45) is 0 Å². The highest BCUT2D eigenvalue weighted by Crippen LogP contribution is 2.22. The first kappa shape index (κ1) is 19.5. The number of benzene rings is 1. The van der Waals surface area contributed by atoms with E-state index in [-0.39, 0.29) is 5.91 Å². The topological polar surface area (TPSA) is 57.3 Å². The molecule has 1 aromatic carbocycles.